The molecule has 1 aliphatic heterocycles. The van der Waals surface area contributed by atoms with Crippen molar-refractivity contribution >= 4 is 23.3 Å². The molecule has 1 fully saturated rings. The van der Waals surface area contributed by atoms with Crippen molar-refractivity contribution in [3.05, 3.63) is 22.8 Å². The van der Waals surface area contributed by atoms with Gasteiger partial charge in [0.2, 0.25) is 5.91 Å². The molecule has 1 aliphatic rings. The number of alkyl halides is 3. The molecule has 2 rings (SSSR count). The van der Waals surface area contributed by atoms with Crippen LogP contribution in [0.1, 0.15) is 26.3 Å². The summed E-state index contributed by atoms with van der Waals surface area (Å²) >= 11 is 5.99. The van der Waals surface area contributed by atoms with E-state index in [1.807, 2.05) is 30.6 Å². The van der Waals surface area contributed by atoms with Gasteiger partial charge in [0, 0.05) is 38.4 Å². The maximum absolute atomic E-state index is 12.7. The van der Waals surface area contributed by atoms with Gasteiger partial charge in [-0.2, -0.15) is 13.2 Å². The molecule has 26 heavy (non-hydrogen) atoms. The lowest BCUT2D eigenvalue weighted by Gasteiger charge is -2.35. The second-order valence-corrected chi connectivity index (χ2v) is 7.30. The molecule has 0 unspecified atom stereocenters. The molecule has 0 spiro atoms. The molecule has 1 atom stereocenters. The normalized spacial score (nSPS) is 17.5. The van der Waals surface area contributed by atoms with Crippen molar-refractivity contribution in [1.82, 2.24) is 15.2 Å². The lowest BCUT2D eigenvalue weighted by Crippen LogP contribution is -2.51. The molecule has 5 nitrogen and oxygen atoms in total. The van der Waals surface area contributed by atoms with Crippen molar-refractivity contribution in [2.24, 2.45) is 5.92 Å². The average molecular weight is 393 g/mol. The predicted octanol–water partition coefficient (Wildman–Crippen LogP) is 3.04. The summed E-state index contributed by atoms with van der Waals surface area (Å²) in [6.45, 7) is 8.69. The fourth-order valence-electron chi connectivity index (χ4n) is 2.61. The highest BCUT2D eigenvalue weighted by molar-refractivity contribution is 6.33. The van der Waals surface area contributed by atoms with Crippen LogP contribution in [-0.2, 0) is 11.0 Å². The number of halogens is 4. The van der Waals surface area contributed by atoms with Gasteiger partial charge >= 0.3 is 6.18 Å². The van der Waals surface area contributed by atoms with Gasteiger partial charge < -0.3 is 10.2 Å². The van der Waals surface area contributed by atoms with E-state index in [1.165, 1.54) is 0 Å². The van der Waals surface area contributed by atoms with E-state index in [1.54, 1.807) is 0 Å². The minimum atomic E-state index is -4.46. The van der Waals surface area contributed by atoms with Crippen molar-refractivity contribution < 1.29 is 18.0 Å². The number of hydrogen-bond donors (Lipinski definition) is 1. The average Bonchev–Trinajstić information content (AvgIpc) is 2.54. The minimum absolute atomic E-state index is 0.0169. The molecule has 9 heteroatoms. The minimum Gasteiger partial charge on any atom is -0.353 e. The van der Waals surface area contributed by atoms with Gasteiger partial charge in [0.05, 0.1) is 17.1 Å². The van der Waals surface area contributed by atoms with Gasteiger partial charge in [-0.1, -0.05) is 25.4 Å². The van der Waals surface area contributed by atoms with Crippen LogP contribution in [-0.4, -0.2) is 54.6 Å². The lowest BCUT2D eigenvalue weighted by molar-refractivity contribution is -0.137. The van der Waals surface area contributed by atoms with Crippen LogP contribution in [0.25, 0.3) is 0 Å². The number of rotatable bonds is 5. The van der Waals surface area contributed by atoms with Crippen molar-refractivity contribution in [3.63, 3.8) is 0 Å². The van der Waals surface area contributed by atoms with Crippen LogP contribution >= 0.6 is 11.6 Å². The molecule has 1 aromatic heterocycles. The van der Waals surface area contributed by atoms with E-state index >= 15 is 0 Å². The Kier molecular flexibility index (Phi) is 6.74. The summed E-state index contributed by atoms with van der Waals surface area (Å²) in [4.78, 5) is 19.8. The number of nitrogens with one attached hydrogen (secondary N) is 1. The standard InChI is InChI=1S/C17H24ClF3N4O/c1-11(2)12(3)23-15(26)10-24-4-6-25(7-5-24)16-14(18)8-13(9-22-16)17(19,20)21/h8-9,11-12H,4-7,10H2,1-3H3,(H,23,26)/t12-/m0/s1. The van der Waals surface area contributed by atoms with Gasteiger partial charge in [0.1, 0.15) is 5.82 Å². The highest BCUT2D eigenvalue weighted by Crippen LogP contribution is 2.33. The first kappa shape index (κ1) is 20.8. The summed E-state index contributed by atoms with van der Waals surface area (Å²) in [5.74, 6) is 0.686. The monoisotopic (exact) mass is 392 g/mol. The number of carbonyl (C=O) groups is 1. The third kappa shape index (κ3) is 5.48. The summed E-state index contributed by atoms with van der Waals surface area (Å²) < 4.78 is 38.1. The molecule has 0 bridgehead atoms. The fraction of sp³-hybridized carbons (Fsp3) is 0.647. The van der Waals surface area contributed by atoms with Crippen LogP contribution < -0.4 is 10.2 Å². The first-order valence-electron chi connectivity index (χ1n) is 8.57. The van der Waals surface area contributed by atoms with Gasteiger partial charge in [0.25, 0.3) is 0 Å². The number of piperazine rings is 1. The van der Waals surface area contributed by atoms with E-state index in [4.69, 9.17) is 11.6 Å². The highest BCUT2D eigenvalue weighted by Gasteiger charge is 2.32. The maximum Gasteiger partial charge on any atom is 0.417 e. The molecule has 1 amide bonds. The Bertz CT molecular complexity index is 631. The number of nitrogens with zero attached hydrogens (tertiary/aromatic N) is 3. The Morgan fingerprint density at radius 2 is 1.88 bits per heavy atom. The zero-order valence-corrected chi connectivity index (χ0v) is 15.9. The second kappa shape index (κ2) is 8.43. The number of pyridine rings is 1. The second-order valence-electron chi connectivity index (χ2n) is 6.89. The van der Waals surface area contributed by atoms with Gasteiger partial charge in [-0.25, -0.2) is 4.98 Å². The topological polar surface area (TPSA) is 48.5 Å². The van der Waals surface area contributed by atoms with Crippen LogP contribution in [0.2, 0.25) is 5.02 Å². The Morgan fingerprint density at radius 3 is 2.38 bits per heavy atom. The van der Waals surface area contributed by atoms with Crippen LogP contribution in [0.5, 0.6) is 0 Å². The summed E-state index contributed by atoms with van der Waals surface area (Å²) in [6, 6.07) is 1.01. The summed E-state index contributed by atoms with van der Waals surface area (Å²) in [5, 5.41) is 2.95. The van der Waals surface area contributed by atoms with Crippen LogP contribution in [0.15, 0.2) is 12.3 Å². The summed E-state index contributed by atoms with van der Waals surface area (Å²) in [6.07, 6.45) is -3.66. The van der Waals surface area contributed by atoms with Crippen molar-refractivity contribution in [3.8, 4) is 0 Å². The number of amides is 1. The van der Waals surface area contributed by atoms with E-state index in [0.717, 1.165) is 12.3 Å². The number of aromatic nitrogens is 1. The van der Waals surface area contributed by atoms with Crippen molar-refractivity contribution in [2.45, 2.75) is 33.0 Å². The Hall–Kier alpha value is -1.54. The summed E-state index contributed by atoms with van der Waals surface area (Å²) in [5.41, 5.74) is -0.860. The third-order valence-corrected chi connectivity index (χ3v) is 4.85. The Morgan fingerprint density at radius 1 is 1.27 bits per heavy atom. The van der Waals surface area contributed by atoms with Gasteiger partial charge in [-0.05, 0) is 18.9 Å². The van der Waals surface area contributed by atoms with E-state index in [-0.39, 0.29) is 17.0 Å². The molecular formula is C17H24ClF3N4O. The van der Waals surface area contributed by atoms with Crippen LogP contribution in [0.3, 0.4) is 0 Å². The molecule has 146 valence electrons. The van der Waals surface area contributed by atoms with Crippen molar-refractivity contribution in [2.75, 3.05) is 37.6 Å². The van der Waals surface area contributed by atoms with Gasteiger partial charge in [-0.15, -0.1) is 0 Å². The first-order chi connectivity index (χ1) is 12.1. The highest BCUT2D eigenvalue weighted by atomic mass is 35.5. The van der Waals surface area contributed by atoms with E-state index in [2.05, 4.69) is 10.3 Å². The molecular weight excluding hydrogens is 369 g/mol. The summed E-state index contributed by atoms with van der Waals surface area (Å²) in [7, 11) is 0. The first-order valence-corrected chi connectivity index (χ1v) is 8.95. The molecule has 1 aromatic rings. The number of anilines is 1. The van der Waals surface area contributed by atoms with Gasteiger partial charge in [0.15, 0.2) is 0 Å². The largest absolute Gasteiger partial charge is 0.417 e. The van der Waals surface area contributed by atoms with E-state index < -0.39 is 11.7 Å². The number of hydrogen-bond acceptors (Lipinski definition) is 4. The van der Waals surface area contributed by atoms with Gasteiger partial charge in [-0.3, -0.25) is 9.69 Å². The lowest BCUT2D eigenvalue weighted by atomic mass is 10.1. The van der Waals surface area contributed by atoms with Crippen molar-refractivity contribution in [1.29, 1.82) is 0 Å². The molecule has 0 aromatic carbocycles. The van der Waals surface area contributed by atoms with Crippen LogP contribution in [0.4, 0.5) is 19.0 Å². The fourth-order valence-corrected chi connectivity index (χ4v) is 2.89. The smallest absolute Gasteiger partial charge is 0.353 e. The third-order valence-electron chi connectivity index (χ3n) is 4.58. The van der Waals surface area contributed by atoms with E-state index in [0.29, 0.717) is 44.5 Å². The molecule has 0 aliphatic carbocycles. The Balaban J connectivity index is 1.89. The number of carbonyl (C=O) groups excluding carboxylic acids is 1. The Labute approximate surface area is 156 Å². The zero-order chi connectivity index (χ0) is 19.5. The maximum atomic E-state index is 12.7. The quantitative estimate of drug-likeness (QED) is 0.836. The predicted molar refractivity (Wildman–Crippen MR) is 95.3 cm³/mol. The molecule has 2 heterocycles. The molecule has 1 saturated heterocycles. The van der Waals surface area contributed by atoms with Crippen LogP contribution in [0, 0.1) is 5.92 Å². The molecule has 0 radical (unpaired) electrons. The zero-order valence-electron chi connectivity index (χ0n) is 15.1. The SMILES string of the molecule is CC(C)[C@H](C)NC(=O)CN1CCN(c2ncc(C(F)(F)F)cc2Cl)CC1. The molecule has 1 N–H and O–H groups in total. The van der Waals surface area contributed by atoms with E-state index in [9.17, 15) is 18.0 Å². The molecule has 0 saturated carbocycles.